The number of hydrogen-bond acceptors (Lipinski definition) is 6. The lowest BCUT2D eigenvalue weighted by Gasteiger charge is -2.13. The molecule has 0 saturated carbocycles. The third-order valence-electron chi connectivity index (χ3n) is 3.50. The molecule has 0 saturated heterocycles. The molecule has 0 aromatic heterocycles. The van der Waals surface area contributed by atoms with E-state index in [0.29, 0.717) is 17.0 Å². The highest BCUT2D eigenvalue weighted by Gasteiger charge is 2.20. The van der Waals surface area contributed by atoms with Gasteiger partial charge in [0.1, 0.15) is 5.75 Å². The molecule has 0 aliphatic carbocycles. The molecule has 1 atom stereocenters. The standard InChI is InChI=1S/C19H21NO6S/c1-13-5-4-6-17(11-13)25-12-18(21)26-14(2)19(22)15-7-9-16(10-8-15)20-27(3,23)24/h4-11,14,20H,12H2,1-3H3/t14-/m0/s1. The summed E-state index contributed by atoms with van der Waals surface area (Å²) in [5.41, 5.74) is 1.64. The molecule has 2 aromatic rings. The normalized spacial score (nSPS) is 12.1. The van der Waals surface area contributed by atoms with Gasteiger partial charge in [0, 0.05) is 11.3 Å². The summed E-state index contributed by atoms with van der Waals surface area (Å²) in [6.45, 7) is 3.07. The van der Waals surface area contributed by atoms with Crippen molar-refractivity contribution in [2.24, 2.45) is 0 Å². The average Bonchev–Trinajstić information content (AvgIpc) is 2.58. The minimum Gasteiger partial charge on any atom is -0.482 e. The maximum absolute atomic E-state index is 12.3. The van der Waals surface area contributed by atoms with Crippen LogP contribution in [-0.2, 0) is 19.6 Å². The third kappa shape index (κ3) is 6.74. The Bertz CT molecular complexity index is 921. The van der Waals surface area contributed by atoms with Gasteiger partial charge in [-0.15, -0.1) is 0 Å². The molecule has 8 heteroatoms. The second kappa shape index (κ2) is 8.68. The summed E-state index contributed by atoms with van der Waals surface area (Å²) >= 11 is 0. The first-order valence-electron chi connectivity index (χ1n) is 8.15. The number of hydrogen-bond donors (Lipinski definition) is 1. The molecule has 0 unspecified atom stereocenters. The molecule has 2 rings (SSSR count). The van der Waals surface area contributed by atoms with Crippen LogP contribution in [0.5, 0.6) is 5.75 Å². The fraction of sp³-hybridized carbons (Fsp3) is 0.263. The fourth-order valence-corrected chi connectivity index (χ4v) is 2.85. The topological polar surface area (TPSA) is 98.8 Å². The highest BCUT2D eigenvalue weighted by atomic mass is 32.2. The van der Waals surface area contributed by atoms with E-state index in [2.05, 4.69) is 4.72 Å². The quantitative estimate of drug-likeness (QED) is 0.548. The van der Waals surface area contributed by atoms with Gasteiger partial charge in [-0.1, -0.05) is 12.1 Å². The van der Waals surface area contributed by atoms with Crippen molar-refractivity contribution in [3.05, 3.63) is 59.7 Å². The lowest BCUT2D eigenvalue weighted by Crippen LogP contribution is -2.27. The summed E-state index contributed by atoms with van der Waals surface area (Å²) in [4.78, 5) is 24.2. The van der Waals surface area contributed by atoms with Crippen LogP contribution < -0.4 is 9.46 Å². The van der Waals surface area contributed by atoms with Crippen molar-refractivity contribution in [1.29, 1.82) is 0 Å². The van der Waals surface area contributed by atoms with Crippen LogP contribution in [0.15, 0.2) is 48.5 Å². The average molecular weight is 391 g/mol. The van der Waals surface area contributed by atoms with Gasteiger partial charge >= 0.3 is 5.97 Å². The van der Waals surface area contributed by atoms with E-state index in [4.69, 9.17) is 9.47 Å². The zero-order valence-electron chi connectivity index (χ0n) is 15.3. The number of carbonyl (C=O) groups is 2. The lowest BCUT2D eigenvalue weighted by molar-refractivity contribution is -0.148. The smallest absolute Gasteiger partial charge is 0.344 e. The van der Waals surface area contributed by atoms with Crippen LogP contribution >= 0.6 is 0 Å². The number of anilines is 1. The monoisotopic (exact) mass is 391 g/mol. The number of ketones is 1. The van der Waals surface area contributed by atoms with Crippen LogP contribution in [0.2, 0.25) is 0 Å². The van der Waals surface area contributed by atoms with E-state index < -0.39 is 27.9 Å². The SMILES string of the molecule is Cc1cccc(OCC(=O)O[C@@H](C)C(=O)c2ccc(NS(C)(=O)=O)cc2)c1. The zero-order chi connectivity index (χ0) is 20.0. The molecule has 144 valence electrons. The van der Waals surface area contributed by atoms with E-state index in [9.17, 15) is 18.0 Å². The van der Waals surface area contributed by atoms with Gasteiger partial charge in [0.05, 0.1) is 6.26 Å². The Hall–Kier alpha value is -2.87. The molecule has 0 spiro atoms. The summed E-state index contributed by atoms with van der Waals surface area (Å²) in [6, 6.07) is 13.1. The predicted octanol–water partition coefficient (Wildman–Crippen LogP) is 2.56. The highest BCUT2D eigenvalue weighted by molar-refractivity contribution is 7.92. The first-order valence-corrected chi connectivity index (χ1v) is 10.0. The third-order valence-corrected chi connectivity index (χ3v) is 4.10. The molecule has 0 bridgehead atoms. The molecule has 7 nitrogen and oxygen atoms in total. The molecular formula is C19H21NO6S. The van der Waals surface area contributed by atoms with Gasteiger partial charge in [-0.3, -0.25) is 9.52 Å². The number of nitrogens with one attached hydrogen (secondary N) is 1. The number of sulfonamides is 1. The molecule has 0 amide bonds. The molecule has 2 aromatic carbocycles. The number of rotatable bonds is 8. The van der Waals surface area contributed by atoms with E-state index in [-0.39, 0.29) is 6.61 Å². The van der Waals surface area contributed by atoms with Crippen molar-refractivity contribution in [3.63, 3.8) is 0 Å². The van der Waals surface area contributed by atoms with Gasteiger partial charge in [-0.25, -0.2) is 13.2 Å². The van der Waals surface area contributed by atoms with E-state index in [1.165, 1.54) is 31.2 Å². The molecule has 0 aliphatic rings. The minimum absolute atomic E-state index is 0.300. The van der Waals surface area contributed by atoms with Gasteiger partial charge < -0.3 is 9.47 Å². The summed E-state index contributed by atoms with van der Waals surface area (Å²) in [5, 5.41) is 0. The van der Waals surface area contributed by atoms with Crippen LogP contribution in [0.4, 0.5) is 5.69 Å². The number of benzene rings is 2. The maximum Gasteiger partial charge on any atom is 0.344 e. The van der Waals surface area contributed by atoms with Gasteiger partial charge in [-0.2, -0.15) is 0 Å². The second-order valence-electron chi connectivity index (χ2n) is 6.05. The summed E-state index contributed by atoms with van der Waals surface area (Å²) in [6.07, 6.45) is 0.0409. The molecule has 1 N–H and O–H groups in total. The number of Topliss-reactive ketones (excluding diaryl/α,β-unsaturated/α-hetero) is 1. The Morgan fingerprint density at radius 2 is 1.78 bits per heavy atom. The van der Waals surface area contributed by atoms with Gasteiger partial charge in [0.25, 0.3) is 0 Å². The number of esters is 1. The molecule has 0 heterocycles. The molecule has 0 aliphatic heterocycles. The largest absolute Gasteiger partial charge is 0.482 e. The van der Waals surface area contributed by atoms with Crippen LogP contribution in [0.1, 0.15) is 22.8 Å². The van der Waals surface area contributed by atoms with E-state index in [1.54, 1.807) is 12.1 Å². The van der Waals surface area contributed by atoms with Crippen LogP contribution in [0.25, 0.3) is 0 Å². The lowest BCUT2D eigenvalue weighted by atomic mass is 10.1. The zero-order valence-corrected chi connectivity index (χ0v) is 16.1. The van der Waals surface area contributed by atoms with Crippen molar-refractivity contribution < 1.29 is 27.5 Å². The van der Waals surface area contributed by atoms with Crippen LogP contribution in [0.3, 0.4) is 0 Å². The van der Waals surface area contributed by atoms with E-state index in [1.807, 2.05) is 19.1 Å². The Morgan fingerprint density at radius 1 is 1.11 bits per heavy atom. The Balaban J connectivity index is 1.89. The summed E-state index contributed by atoms with van der Waals surface area (Å²) in [7, 11) is -3.39. The van der Waals surface area contributed by atoms with Crippen molar-refractivity contribution in [2.45, 2.75) is 20.0 Å². The van der Waals surface area contributed by atoms with Gasteiger partial charge in [0.15, 0.2) is 12.7 Å². The van der Waals surface area contributed by atoms with Crippen LogP contribution in [-0.4, -0.2) is 39.1 Å². The van der Waals surface area contributed by atoms with E-state index >= 15 is 0 Å². The van der Waals surface area contributed by atoms with Gasteiger partial charge in [0.2, 0.25) is 15.8 Å². The van der Waals surface area contributed by atoms with Crippen molar-refractivity contribution in [3.8, 4) is 5.75 Å². The van der Waals surface area contributed by atoms with Gasteiger partial charge in [-0.05, 0) is 55.8 Å². The number of ether oxygens (including phenoxy) is 2. The number of carbonyl (C=O) groups excluding carboxylic acids is 2. The molecule has 0 radical (unpaired) electrons. The van der Waals surface area contributed by atoms with Crippen molar-refractivity contribution in [1.82, 2.24) is 0 Å². The first kappa shape index (κ1) is 20.4. The highest BCUT2D eigenvalue weighted by Crippen LogP contribution is 2.14. The molecular weight excluding hydrogens is 370 g/mol. The Kier molecular flexibility index (Phi) is 6.57. The first-order chi connectivity index (χ1) is 12.6. The predicted molar refractivity (Wildman–Crippen MR) is 101 cm³/mol. The van der Waals surface area contributed by atoms with Crippen molar-refractivity contribution >= 4 is 27.5 Å². The molecule has 0 fully saturated rings. The Labute approximate surface area is 158 Å². The summed E-state index contributed by atoms with van der Waals surface area (Å²) in [5.74, 6) is -0.516. The second-order valence-corrected chi connectivity index (χ2v) is 7.80. The van der Waals surface area contributed by atoms with Crippen molar-refractivity contribution in [2.75, 3.05) is 17.6 Å². The summed E-state index contributed by atoms with van der Waals surface area (Å²) < 4.78 is 35.1. The molecule has 27 heavy (non-hydrogen) atoms. The van der Waals surface area contributed by atoms with Crippen LogP contribution in [0, 0.1) is 6.92 Å². The Morgan fingerprint density at radius 3 is 2.37 bits per heavy atom. The van der Waals surface area contributed by atoms with E-state index in [0.717, 1.165) is 11.8 Å². The minimum atomic E-state index is -3.39. The maximum atomic E-state index is 12.3. The number of aryl methyl sites for hydroxylation is 1. The fourth-order valence-electron chi connectivity index (χ4n) is 2.28.